The Labute approximate surface area is 188 Å². The zero-order valence-electron chi connectivity index (χ0n) is 17.1. The Balaban J connectivity index is 2.05. The van der Waals surface area contributed by atoms with Crippen LogP contribution in [-0.4, -0.2) is 91.2 Å². The van der Waals surface area contributed by atoms with Crippen molar-refractivity contribution in [3.05, 3.63) is 18.2 Å². The Morgan fingerprint density at radius 1 is 1.22 bits per heavy atom. The Bertz CT molecular complexity index is 849. The van der Waals surface area contributed by atoms with E-state index in [0.717, 1.165) is 4.90 Å². The minimum absolute atomic E-state index is 0.0799. The Morgan fingerprint density at radius 3 is 2.47 bits per heavy atom. The Morgan fingerprint density at radius 2 is 1.91 bits per heavy atom. The van der Waals surface area contributed by atoms with Crippen molar-refractivity contribution in [1.82, 2.24) is 25.5 Å². The van der Waals surface area contributed by atoms with Gasteiger partial charge in [0, 0.05) is 30.6 Å². The van der Waals surface area contributed by atoms with Crippen molar-refractivity contribution in [2.24, 2.45) is 5.73 Å². The molecule has 7 N–H and O–H groups in total. The number of imidazole rings is 1. The highest BCUT2D eigenvalue weighted by molar-refractivity contribution is 7.80. The number of nitrogens with zero attached hydrogens (tertiary/aromatic N) is 2. The van der Waals surface area contributed by atoms with Gasteiger partial charge in [-0.1, -0.05) is 0 Å². The summed E-state index contributed by atoms with van der Waals surface area (Å²) in [6, 6.07) is -4.78. The third-order valence-electron chi connectivity index (χ3n) is 4.96. The third kappa shape index (κ3) is 6.68. The maximum atomic E-state index is 12.7. The number of H-pyrrole nitrogens is 1. The summed E-state index contributed by atoms with van der Waals surface area (Å²) < 4.78 is 0. The van der Waals surface area contributed by atoms with Crippen LogP contribution in [-0.2, 0) is 30.4 Å². The molecule has 32 heavy (non-hydrogen) atoms. The number of nitrogens with two attached hydrogens (primary N) is 1. The van der Waals surface area contributed by atoms with Crippen LogP contribution in [0.25, 0.3) is 0 Å². The van der Waals surface area contributed by atoms with Crippen molar-refractivity contribution < 1.29 is 34.2 Å². The smallest absolute Gasteiger partial charge is 0.326 e. The number of hydrogen-bond donors (Lipinski definition) is 7. The maximum Gasteiger partial charge on any atom is 0.326 e. The number of nitrogens with one attached hydrogen (secondary N) is 3. The molecule has 0 bridgehead atoms. The third-order valence-corrected chi connectivity index (χ3v) is 5.33. The van der Waals surface area contributed by atoms with Crippen molar-refractivity contribution in [3.63, 3.8) is 0 Å². The minimum atomic E-state index is -1.50. The van der Waals surface area contributed by atoms with E-state index in [0.29, 0.717) is 18.5 Å². The lowest BCUT2D eigenvalue weighted by atomic mass is 10.1. The number of rotatable bonds is 11. The summed E-state index contributed by atoms with van der Waals surface area (Å²) in [7, 11) is 0. The predicted molar refractivity (Wildman–Crippen MR) is 113 cm³/mol. The highest BCUT2D eigenvalue weighted by Gasteiger charge is 2.38. The van der Waals surface area contributed by atoms with E-state index < -0.39 is 60.2 Å². The first-order valence-corrected chi connectivity index (χ1v) is 10.5. The predicted octanol–water partition coefficient (Wildman–Crippen LogP) is -2.27. The van der Waals surface area contributed by atoms with Gasteiger partial charge in [-0.25, -0.2) is 9.78 Å². The first-order chi connectivity index (χ1) is 15.1. The summed E-state index contributed by atoms with van der Waals surface area (Å²) in [5, 5.41) is 23.1. The standard InChI is InChI=1S/C18H26N6O7S/c19-10(4-9-6-20-8-21-9)15(27)22-11(5-14(25)26)16(28)23-12(7-32)17(29)24-3-1-2-13(24)18(30)31/h6,8,10-13,32H,1-5,7,19H2,(H,20,21)(H,22,27)(H,23,28)(H,25,26)(H,30,31). The van der Waals surface area contributed by atoms with E-state index in [-0.39, 0.29) is 18.7 Å². The number of aromatic amines is 1. The average Bonchev–Trinajstić information content (AvgIpc) is 3.42. The molecular formula is C18H26N6O7S. The van der Waals surface area contributed by atoms with Crippen LogP contribution in [0.1, 0.15) is 25.0 Å². The van der Waals surface area contributed by atoms with Crippen molar-refractivity contribution >= 4 is 42.3 Å². The van der Waals surface area contributed by atoms with Crippen LogP contribution in [0, 0.1) is 0 Å². The van der Waals surface area contributed by atoms with Gasteiger partial charge in [-0.3, -0.25) is 19.2 Å². The molecule has 0 spiro atoms. The monoisotopic (exact) mass is 470 g/mol. The number of aliphatic carboxylic acids is 2. The van der Waals surface area contributed by atoms with Gasteiger partial charge in [0.25, 0.3) is 0 Å². The molecule has 3 amide bonds. The fourth-order valence-electron chi connectivity index (χ4n) is 3.33. The van der Waals surface area contributed by atoms with Gasteiger partial charge < -0.3 is 36.5 Å². The lowest BCUT2D eigenvalue weighted by molar-refractivity contribution is -0.149. The molecule has 4 atom stereocenters. The van der Waals surface area contributed by atoms with E-state index in [1.165, 1.54) is 12.5 Å². The van der Waals surface area contributed by atoms with E-state index >= 15 is 0 Å². The lowest BCUT2D eigenvalue weighted by Crippen LogP contribution is -2.58. The number of likely N-dealkylation sites (tertiary alicyclic amines) is 1. The van der Waals surface area contributed by atoms with Crippen molar-refractivity contribution in [3.8, 4) is 0 Å². The van der Waals surface area contributed by atoms with Crippen molar-refractivity contribution in [2.45, 2.75) is 49.9 Å². The van der Waals surface area contributed by atoms with Crippen LogP contribution in [0.5, 0.6) is 0 Å². The molecule has 1 aromatic rings. The molecule has 0 aromatic carbocycles. The molecule has 1 aliphatic rings. The van der Waals surface area contributed by atoms with Gasteiger partial charge >= 0.3 is 11.9 Å². The molecular weight excluding hydrogens is 444 g/mol. The summed E-state index contributed by atoms with van der Waals surface area (Å²) in [6.07, 6.45) is 3.01. The fourth-order valence-corrected chi connectivity index (χ4v) is 3.58. The molecule has 4 unspecified atom stereocenters. The van der Waals surface area contributed by atoms with Crippen LogP contribution in [0.15, 0.2) is 12.5 Å². The van der Waals surface area contributed by atoms with Crippen LogP contribution in [0.4, 0.5) is 0 Å². The Hall–Kier alpha value is -3.13. The van der Waals surface area contributed by atoms with Crippen LogP contribution in [0.2, 0.25) is 0 Å². The van der Waals surface area contributed by atoms with Gasteiger partial charge in [-0.05, 0) is 12.8 Å². The molecule has 13 nitrogen and oxygen atoms in total. The van der Waals surface area contributed by atoms with Crippen LogP contribution in [0.3, 0.4) is 0 Å². The SMILES string of the molecule is NC(Cc1cnc[nH]1)C(=O)NC(CC(=O)O)C(=O)NC(CS)C(=O)N1CCCC1C(=O)O. The van der Waals surface area contributed by atoms with Gasteiger partial charge in [0.05, 0.1) is 18.8 Å². The first kappa shape index (κ1) is 25.1. The molecule has 0 aliphatic carbocycles. The molecule has 2 heterocycles. The average molecular weight is 471 g/mol. The minimum Gasteiger partial charge on any atom is -0.481 e. The summed E-state index contributed by atoms with van der Waals surface area (Å²) in [6.45, 7) is 0.216. The van der Waals surface area contributed by atoms with Crippen molar-refractivity contribution in [1.29, 1.82) is 0 Å². The number of hydrogen-bond acceptors (Lipinski definition) is 8. The topological polar surface area (TPSA) is 208 Å². The highest BCUT2D eigenvalue weighted by Crippen LogP contribution is 2.19. The van der Waals surface area contributed by atoms with Gasteiger partial charge in [0.2, 0.25) is 17.7 Å². The number of thiol groups is 1. The van der Waals surface area contributed by atoms with E-state index in [2.05, 4.69) is 33.2 Å². The van der Waals surface area contributed by atoms with E-state index in [9.17, 15) is 29.1 Å². The number of carbonyl (C=O) groups excluding carboxylic acids is 3. The molecule has 0 radical (unpaired) electrons. The summed E-state index contributed by atoms with van der Waals surface area (Å²) in [4.78, 5) is 68.1. The molecule has 2 rings (SSSR count). The summed E-state index contributed by atoms with van der Waals surface area (Å²) in [5.41, 5.74) is 6.40. The second-order valence-electron chi connectivity index (χ2n) is 7.32. The molecule has 14 heteroatoms. The van der Waals surface area contributed by atoms with E-state index in [4.69, 9.17) is 10.8 Å². The largest absolute Gasteiger partial charge is 0.481 e. The van der Waals surface area contributed by atoms with Gasteiger partial charge in [0.15, 0.2) is 0 Å². The normalized spacial score (nSPS) is 18.4. The van der Waals surface area contributed by atoms with E-state index in [1.807, 2.05) is 0 Å². The number of carboxylic acids is 2. The van der Waals surface area contributed by atoms with E-state index in [1.54, 1.807) is 0 Å². The zero-order chi connectivity index (χ0) is 23.8. The summed E-state index contributed by atoms with van der Waals surface area (Å²) in [5.74, 6) is -4.99. The number of carbonyl (C=O) groups is 5. The molecule has 1 saturated heterocycles. The molecule has 1 fully saturated rings. The maximum absolute atomic E-state index is 12.7. The molecule has 1 aliphatic heterocycles. The lowest BCUT2D eigenvalue weighted by Gasteiger charge is -2.28. The van der Waals surface area contributed by atoms with Crippen LogP contribution < -0.4 is 16.4 Å². The zero-order valence-corrected chi connectivity index (χ0v) is 18.0. The number of aromatic nitrogens is 2. The highest BCUT2D eigenvalue weighted by atomic mass is 32.1. The molecule has 1 aromatic heterocycles. The molecule has 0 saturated carbocycles. The molecule has 176 valence electrons. The fraction of sp³-hybridized carbons (Fsp3) is 0.556. The second kappa shape index (κ2) is 11.5. The van der Waals surface area contributed by atoms with Crippen molar-refractivity contribution in [2.75, 3.05) is 12.3 Å². The van der Waals surface area contributed by atoms with Crippen LogP contribution >= 0.6 is 12.6 Å². The van der Waals surface area contributed by atoms with Gasteiger partial charge in [0.1, 0.15) is 18.1 Å². The summed E-state index contributed by atoms with van der Waals surface area (Å²) >= 11 is 4.05. The van der Waals surface area contributed by atoms with Gasteiger partial charge in [-0.2, -0.15) is 12.6 Å². The Kier molecular flexibility index (Phi) is 9.02. The quantitative estimate of drug-likeness (QED) is 0.174. The first-order valence-electron chi connectivity index (χ1n) is 9.83. The van der Waals surface area contributed by atoms with Gasteiger partial charge in [-0.15, -0.1) is 0 Å². The number of carboxylic acid groups (broad SMARTS) is 2. The number of amides is 3. The second-order valence-corrected chi connectivity index (χ2v) is 7.68.